The van der Waals surface area contributed by atoms with Gasteiger partial charge in [0.1, 0.15) is 6.54 Å². The maximum atomic E-state index is 12.3. The van der Waals surface area contributed by atoms with Crippen molar-refractivity contribution in [1.82, 2.24) is 4.57 Å². The predicted octanol–water partition coefficient (Wildman–Crippen LogP) is 3.21. The first kappa shape index (κ1) is 19.3. The van der Waals surface area contributed by atoms with Crippen LogP contribution in [0.1, 0.15) is 20.8 Å². The summed E-state index contributed by atoms with van der Waals surface area (Å²) in [7, 11) is 0. The van der Waals surface area contributed by atoms with Crippen molar-refractivity contribution in [1.29, 1.82) is 0 Å². The number of amides is 1. The number of rotatable bonds is 5. The van der Waals surface area contributed by atoms with Gasteiger partial charge >= 0.3 is 10.8 Å². The Morgan fingerprint density at radius 3 is 2.60 bits per heavy atom. The van der Waals surface area contributed by atoms with Gasteiger partial charge in [0, 0.05) is 23.0 Å². The van der Waals surface area contributed by atoms with Crippen molar-refractivity contribution < 1.29 is 19.8 Å². The topological polar surface area (TPSA) is 121 Å². The van der Waals surface area contributed by atoms with Crippen LogP contribution in [0.3, 0.4) is 0 Å². The zero-order valence-corrected chi connectivity index (χ0v) is 16.2. The van der Waals surface area contributed by atoms with E-state index in [0.29, 0.717) is 10.6 Å². The van der Waals surface area contributed by atoms with Crippen molar-refractivity contribution >= 4 is 52.5 Å². The van der Waals surface area contributed by atoms with Crippen molar-refractivity contribution in [2.24, 2.45) is 4.99 Å². The molecule has 0 saturated heterocycles. The van der Waals surface area contributed by atoms with Crippen LogP contribution >= 0.6 is 11.3 Å². The highest BCUT2D eigenvalue weighted by Gasteiger charge is 2.18. The molecule has 30 heavy (non-hydrogen) atoms. The lowest BCUT2D eigenvalue weighted by molar-refractivity contribution is -0.116. The van der Waals surface area contributed by atoms with E-state index in [9.17, 15) is 19.5 Å². The number of thiazole rings is 1. The standard InChI is InChI=1S/C21H15N3O5S/c25-18(23-14-7-5-12(6-8-14)20(27)28)11-24-19(26)17(30-21(24)29)9-13-10-22-16-4-2-1-3-15(13)16/h1-10,26H,11H2,(H,23,25)(H,27,28)/b13-9+. The third-order valence-electron chi connectivity index (χ3n) is 4.46. The Morgan fingerprint density at radius 2 is 1.87 bits per heavy atom. The first-order valence-corrected chi connectivity index (χ1v) is 9.65. The molecule has 3 aromatic rings. The normalized spacial score (nSPS) is 13.4. The number of aromatic nitrogens is 1. The largest absolute Gasteiger partial charge is 0.493 e. The van der Waals surface area contributed by atoms with Gasteiger partial charge in [0.25, 0.3) is 0 Å². The molecular formula is C21H15N3O5S. The number of carbonyl (C=O) groups is 2. The molecule has 0 bridgehead atoms. The fraction of sp³-hybridized carbons (Fsp3) is 0.0476. The van der Waals surface area contributed by atoms with E-state index < -0.39 is 16.7 Å². The maximum Gasteiger partial charge on any atom is 0.335 e. The number of hydrogen-bond donors (Lipinski definition) is 3. The number of benzene rings is 2. The fourth-order valence-electron chi connectivity index (χ4n) is 2.98. The van der Waals surface area contributed by atoms with E-state index in [-0.39, 0.29) is 18.0 Å². The number of allylic oxidation sites excluding steroid dienone is 1. The summed E-state index contributed by atoms with van der Waals surface area (Å²) >= 11 is 0.830. The molecule has 0 saturated carbocycles. The van der Waals surface area contributed by atoms with E-state index >= 15 is 0 Å². The van der Waals surface area contributed by atoms with Crippen LogP contribution in [-0.2, 0) is 11.3 Å². The van der Waals surface area contributed by atoms with Crippen LogP contribution < -0.4 is 10.2 Å². The minimum absolute atomic E-state index is 0.0920. The minimum Gasteiger partial charge on any atom is -0.493 e. The molecule has 0 fully saturated rings. The fourth-order valence-corrected chi connectivity index (χ4v) is 3.82. The summed E-state index contributed by atoms with van der Waals surface area (Å²) in [6, 6.07) is 13.1. The van der Waals surface area contributed by atoms with Crippen LogP contribution in [0.4, 0.5) is 11.4 Å². The highest BCUT2D eigenvalue weighted by Crippen LogP contribution is 2.34. The number of carboxylic acid groups (broad SMARTS) is 1. The molecular weight excluding hydrogens is 406 g/mol. The first-order chi connectivity index (χ1) is 14.4. The van der Waals surface area contributed by atoms with Crippen molar-refractivity contribution in [3.05, 3.63) is 74.2 Å². The lowest BCUT2D eigenvalue weighted by atomic mass is 10.1. The molecule has 3 N–H and O–H groups in total. The van der Waals surface area contributed by atoms with Crippen LogP contribution in [0.5, 0.6) is 5.88 Å². The third-order valence-corrected chi connectivity index (χ3v) is 5.37. The molecule has 1 aliphatic heterocycles. The van der Waals surface area contributed by atoms with Crippen LogP contribution in [-0.4, -0.2) is 32.9 Å². The average molecular weight is 421 g/mol. The first-order valence-electron chi connectivity index (χ1n) is 8.83. The molecule has 1 aromatic heterocycles. The van der Waals surface area contributed by atoms with Crippen LogP contribution in [0.15, 0.2) is 58.3 Å². The van der Waals surface area contributed by atoms with Gasteiger partial charge in [-0.25, -0.2) is 4.79 Å². The smallest absolute Gasteiger partial charge is 0.335 e. The third kappa shape index (κ3) is 3.78. The van der Waals surface area contributed by atoms with E-state index in [0.717, 1.165) is 32.7 Å². The van der Waals surface area contributed by atoms with Gasteiger partial charge in [0.2, 0.25) is 11.8 Å². The van der Waals surface area contributed by atoms with Gasteiger partial charge in [0.05, 0.1) is 16.1 Å². The Morgan fingerprint density at radius 1 is 1.13 bits per heavy atom. The number of carboxylic acids is 1. The van der Waals surface area contributed by atoms with Gasteiger partial charge in [-0.3, -0.25) is 19.1 Å². The van der Waals surface area contributed by atoms with Crippen molar-refractivity contribution in [2.45, 2.75) is 6.54 Å². The number of anilines is 1. The molecule has 8 nitrogen and oxygen atoms in total. The molecule has 9 heteroatoms. The maximum absolute atomic E-state index is 12.3. The van der Waals surface area contributed by atoms with Gasteiger partial charge in [-0.1, -0.05) is 29.5 Å². The zero-order valence-electron chi connectivity index (χ0n) is 15.4. The summed E-state index contributed by atoms with van der Waals surface area (Å²) in [5.74, 6) is -1.90. The van der Waals surface area contributed by atoms with Crippen LogP contribution in [0, 0.1) is 0 Å². The number of carbonyl (C=O) groups excluding carboxylic acids is 1. The van der Waals surface area contributed by atoms with Gasteiger partial charge in [-0.2, -0.15) is 0 Å². The van der Waals surface area contributed by atoms with Gasteiger partial charge < -0.3 is 15.5 Å². The molecule has 0 spiro atoms. The molecule has 1 aliphatic rings. The zero-order chi connectivity index (χ0) is 21.3. The number of aromatic carboxylic acids is 1. The molecule has 2 heterocycles. The number of nitrogens with one attached hydrogen (secondary N) is 1. The second-order valence-corrected chi connectivity index (χ2v) is 7.44. The van der Waals surface area contributed by atoms with Gasteiger partial charge in [-0.05, 0) is 36.4 Å². The number of hydrogen-bond acceptors (Lipinski definition) is 6. The van der Waals surface area contributed by atoms with Crippen molar-refractivity contribution in [3.8, 4) is 5.88 Å². The van der Waals surface area contributed by atoms with Crippen LogP contribution in [0.2, 0.25) is 0 Å². The van der Waals surface area contributed by atoms with Gasteiger partial charge in [-0.15, -0.1) is 0 Å². The monoisotopic (exact) mass is 421 g/mol. The van der Waals surface area contributed by atoms with E-state index in [1.54, 1.807) is 12.3 Å². The summed E-state index contributed by atoms with van der Waals surface area (Å²) in [4.78, 5) is 39.6. The quantitative estimate of drug-likeness (QED) is 0.584. The number of aliphatic imine (C=N–C) groups is 1. The Labute approximate surface area is 174 Å². The Balaban J connectivity index is 1.52. The predicted molar refractivity (Wildman–Crippen MR) is 115 cm³/mol. The summed E-state index contributed by atoms with van der Waals surface area (Å²) in [5, 5.41) is 21.9. The van der Waals surface area contributed by atoms with E-state index in [2.05, 4.69) is 10.3 Å². The Hall–Kier alpha value is -3.98. The molecule has 0 radical (unpaired) electrons. The Bertz CT molecular complexity index is 1270. The highest BCUT2D eigenvalue weighted by atomic mass is 32.1. The molecule has 150 valence electrons. The molecule has 4 rings (SSSR count). The summed E-state index contributed by atoms with van der Waals surface area (Å²) in [5.41, 5.74) is 2.94. The molecule has 2 aromatic carbocycles. The van der Waals surface area contributed by atoms with E-state index in [1.807, 2.05) is 24.3 Å². The highest BCUT2D eigenvalue weighted by molar-refractivity contribution is 7.10. The minimum atomic E-state index is -1.07. The van der Waals surface area contributed by atoms with Crippen molar-refractivity contribution in [2.75, 3.05) is 5.32 Å². The molecule has 0 unspecified atom stereocenters. The Kier molecular flexibility index (Phi) is 5.03. The van der Waals surface area contributed by atoms with E-state index in [1.165, 1.54) is 24.3 Å². The second-order valence-electron chi connectivity index (χ2n) is 6.45. The summed E-state index contributed by atoms with van der Waals surface area (Å²) in [6.45, 7) is -0.379. The van der Waals surface area contributed by atoms with E-state index in [4.69, 9.17) is 5.11 Å². The average Bonchev–Trinajstić information content (AvgIpc) is 3.25. The lowest BCUT2D eigenvalue weighted by Gasteiger charge is -2.07. The second kappa shape index (κ2) is 7.80. The number of fused-ring (bicyclic) bond motifs is 1. The number of aromatic hydroxyl groups is 1. The lowest BCUT2D eigenvalue weighted by Crippen LogP contribution is -2.24. The molecule has 0 aliphatic carbocycles. The SMILES string of the molecule is O=C(Cn1c(O)c(/C=C2\C=Nc3ccccc32)sc1=O)Nc1ccc(C(=O)O)cc1. The number of para-hydroxylation sites is 1. The van der Waals surface area contributed by atoms with Crippen molar-refractivity contribution in [3.63, 3.8) is 0 Å². The van der Waals surface area contributed by atoms with Crippen LogP contribution in [0.25, 0.3) is 11.6 Å². The molecule has 1 amide bonds. The summed E-state index contributed by atoms with van der Waals surface area (Å²) in [6.07, 6.45) is 3.32. The van der Waals surface area contributed by atoms with Gasteiger partial charge in [0.15, 0.2) is 0 Å². The number of nitrogens with zero attached hydrogens (tertiary/aromatic N) is 2. The molecule has 0 atom stereocenters. The summed E-state index contributed by atoms with van der Waals surface area (Å²) < 4.78 is 0.982.